The fourth-order valence-electron chi connectivity index (χ4n) is 4.56. The Balaban J connectivity index is 1.70. The quantitative estimate of drug-likeness (QED) is 0.497. The van der Waals surface area contributed by atoms with Crippen LogP contribution in [0.5, 0.6) is 0 Å². The van der Waals surface area contributed by atoms with Gasteiger partial charge in [-0.05, 0) is 32.1 Å². The lowest BCUT2D eigenvalue weighted by atomic mass is 9.71. The maximum atomic E-state index is 11.5. The fourth-order valence-corrected chi connectivity index (χ4v) is 4.56. The molecule has 0 aromatic heterocycles. The molecule has 0 radical (unpaired) electrons. The van der Waals surface area contributed by atoms with Gasteiger partial charge >= 0.3 is 5.97 Å². The van der Waals surface area contributed by atoms with Gasteiger partial charge in [0, 0.05) is 23.3 Å². The number of ether oxygens (including phenoxy) is 1. The lowest BCUT2D eigenvalue weighted by Crippen LogP contribution is -2.41. The minimum Gasteiger partial charge on any atom is -0.455 e. The third kappa shape index (κ3) is 0.807. The van der Waals surface area contributed by atoms with E-state index in [2.05, 4.69) is 6.58 Å². The van der Waals surface area contributed by atoms with Crippen LogP contribution in [0.4, 0.5) is 0 Å². The summed E-state index contributed by atoms with van der Waals surface area (Å²) >= 11 is 0. The van der Waals surface area contributed by atoms with E-state index in [1.165, 1.54) is 0 Å². The molecule has 3 aliphatic carbocycles. The van der Waals surface area contributed by atoms with Crippen LogP contribution in [0.25, 0.3) is 0 Å². The monoisotopic (exact) mass is 220 g/mol. The zero-order chi connectivity index (χ0) is 11.2. The summed E-state index contributed by atoms with van der Waals surface area (Å²) in [6, 6.07) is 0. The molecule has 4 unspecified atom stereocenters. The van der Waals surface area contributed by atoms with Crippen molar-refractivity contribution < 1.29 is 14.6 Å². The fraction of sp³-hybridized carbons (Fsp3) is 0.769. The van der Waals surface area contributed by atoms with Crippen LogP contribution in [-0.2, 0) is 9.53 Å². The number of hydrogen-bond donors (Lipinski definition) is 1. The molecule has 1 heterocycles. The van der Waals surface area contributed by atoms with Gasteiger partial charge in [0.15, 0.2) is 0 Å². The predicted molar refractivity (Wildman–Crippen MR) is 56.5 cm³/mol. The van der Waals surface area contributed by atoms with Crippen LogP contribution in [0.15, 0.2) is 12.2 Å². The summed E-state index contributed by atoms with van der Waals surface area (Å²) in [6.45, 7) is 3.78. The number of carbonyl (C=O) groups excluding carboxylic acids is 1. The third-order valence-electron chi connectivity index (χ3n) is 5.58. The predicted octanol–water partition coefficient (Wildman–Crippen LogP) is 1.55. The third-order valence-corrected chi connectivity index (χ3v) is 5.58. The van der Waals surface area contributed by atoms with E-state index in [9.17, 15) is 9.90 Å². The number of rotatable bonds is 0. The molecule has 2 spiro atoms. The minimum atomic E-state index is -0.419. The van der Waals surface area contributed by atoms with Crippen molar-refractivity contribution >= 4 is 5.97 Å². The molecule has 1 aliphatic heterocycles. The van der Waals surface area contributed by atoms with Crippen molar-refractivity contribution in [3.63, 3.8) is 0 Å². The van der Waals surface area contributed by atoms with Gasteiger partial charge in [-0.3, -0.25) is 0 Å². The first-order chi connectivity index (χ1) is 7.49. The highest BCUT2D eigenvalue weighted by Gasteiger charge is 2.77. The molecule has 0 amide bonds. The Labute approximate surface area is 94.5 Å². The van der Waals surface area contributed by atoms with Crippen LogP contribution in [0.3, 0.4) is 0 Å². The number of aliphatic hydroxyl groups is 1. The summed E-state index contributed by atoms with van der Waals surface area (Å²) in [5, 5.41) is 10.3. The average Bonchev–Trinajstić information content (AvgIpc) is 2.52. The molecule has 3 heteroatoms. The van der Waals surface area contributed by atoms with Crippen LogP contribution in [-0.4, -0.2) is 22.3 Å². The lowest BCUT2D eigenvalue weighted by molar-refractivity contribution is -0.155. The number of carbonyl (C=O) groups is 1. The van der Waals surface area contributed by atoms with Crippen LogP contribution in [0.2, 0.25) is 0 Å². The minimum absolute atomic E-state index is 0.194. The number of hydrogen-bond acceptors (Lipinski definition) is 3. The van der Waals surface area contributed by atoms with Crippen LogP contribution in [0, 0.1) is 11.3 Å². The van der Waals surface area contributed by atoms with Gasteiger partial charge in [-0.15, -0.1) is 0 Å². The second kappa shape index (κ2) is 2.23. The maximum absolute atomic E-state index is 11.5. The van der Waals surface area contributed by atoms with E-state index in [1.54, 1.807) is 0 Å². The van der Waals surface area contributed by atoms with E-state index in [4.69, 9.17) is 4.74 Å². The highest BCUT2D eigenvalue weighted by molar-refractivity contribution is 5.90. The van der Waals surface area contributed by atoms with Gasteiger partial charge in [0.05, 0.1) is 5.60 Å². The van der Waals surface area contributed by atoms with E-state index in [0.29, 0.717) is 17.9 Å². The van der Waals surface area contributed by atoms with E-state index in [-0.39, 0.29) is 17.0 Å². The van der Waals surface area contributed by atoms with Crippen LogP contribution in [0.1, 0.15) is 38.5 Å². The Hall–Kier alpha value is -0.830. The van der Waals surface area contributed by atoms with Gasteiger partial charge in [0.2, 0.25) is 0 Å². The Morgan fingerprint density at radius 1 is 1.38 bits per heavy atom. The number of fused-ring (bicyclic) bond motifs is 2. The molecule has 4 fully saturated rings. The summed E-state index contributed by atoms with van der Waals surface area (Å²) in [5.41, 5.74) is 0.0859. The van der Waals surface area contributed by atoms with Gasteiger partial charge in [-0.1, -0.05) is 6.58 Å². The van der Waals surface area contributed by atoms with Crippen molar-refractivity contribution in [1.29, 1.82) is 0 Å². The van der Waals surface area contributed by atoms with Crippen molar-refractivity contribution in [2.75, 3.05) is 0 Å². The van der Waals surface area contributed by atoms with Crippen molar-refractivity contribution in [1.82, 2.24) is 0 Å². The van der Waals surface area contributed by atoms with Gasteiger partial charge in [0.25, 0.3) is 0 Å². The van der Waals surface area contributed by atoms with E-state index < -0.39 is 5.60 Å². The second-order valence-electron chi connectivity index (χ2n) is 6.33. The first-order valence-corrected chi connectivity index (χ1v) is 6.12. The van der Waals surface area contributed by atoms with Crippen molar-refractivity contribution in [3.8, 4) is 0 Å². The topological polar surface area (TPSA) is 46.5 Å². The Kier molecular flexibility index (Phi) is 1.29. The number of esters is 1. The molecule has 1 saturated heterocycles. The molecule has 4 rings (SSSR count). The molecule has 1 N–H and O–H groups in total. The van der Waals surface area contributed by atoms with Gasteiger partial charge < -0.3 is 9.84 Å². The second-order valence-corrected chi connectivity index (χ2v) is 6.33. The summed E-state index contributed by atoms with van der Waals surface area (Å²) in [6.07, 6.45) is 5.47. The van der Waals surface area contributed by atoms with Gasteiger partial charge in [-0.25, -0.2) is 4.79 Å². The Bertz CT molecular complexity index is 409. The zero-order valence-corrected chi connectivity index (χ0v) is 9.29. The zero-order valence-electron chi connectivity index (χ0n) is 9.29. The summed E-state index contributed by atoms with van der Waals surface area (Å²) < 4.78 is 5.59. The summed E-state index contributed by atoms with van der Waals surface area (Å²) in [5.74, 6) is 0.145. The highest BCUT2D eigenvalue weighted by Crippen LogP contribution is 2.76. The van der Waals surface area contributed by atoms with Crippen LogP contribution >= 0.6 is 0 Å². The molecular weight excluding hydrogens is 204 g/mol. The normalized spacial score (nSPS) is 57.7. The van der Waals surface area contributed by atoms with E-state index in [1.807, 2.05) is 0 Å². The van der Waals surface area contributed by atoms with Gasteiger partial charge in [-0.2, -0.15) is 0 Å². The van der Waals surface area contributed by atoms with E-state index in [0.717, 1.165) is 32.1 Å². The molecule has 0 aromatic carbocycles. The molecule has 3 saturated carbocycles. The molecular formula is C13H16O3. The highest BCUT2D eigenvalue weighted by atomic mass is 16.6. The van der Waals surface area contributed by atoms with Crippen LogP contribution < -0.4 is 0 Å². The Morgan fingerprint density at radius 3 is 2.88 bits per heavy atom. The summed E-state index contributed by atoms with van der Waals surface area (Å²) in [7, 11) is 0. The van der Waals surface area contributed by atoms with Crippen molar-refractivity contribution in [2.24, 2.45) is 11.3 Å². The SMILES string of the molecule is C=C1CC2(CCC34CC2CC3(O)C4)OC1=O. The maximum Gasteiger partial charge on any atom is 0.334 e. The van der Waals surface area contributed by atoms with Gasteiger partial charge in [0.1, 0.15) is 5.60 Å². The smallest absolute Gasteiger partial charge is 0.334 e. The van der Waals surface area contributed by atoms with E-state index >= 15 is 0 Å². The molecule has 4 atom stereocenters. The Morgan fingerprint density at radius 2 is 2.19 bits per heavy atom. The molecule has 0 aromatic rings. The molecule has 16 heavy (non-hydrogen) atoms. The lowest BCUT2D eigenvalue weighted by Gasteiger charge is -2.39. The summed E-state index contributed by atoms with van der Waals surface area (Å²) in [4.78, 5) is 11.5. The average molecular weight is 220 g/mol. The van der Waals surface area contributed by atoms with Crippen molar-refractivity contribution in [3.05, 3.63) is 12.2 Å². The van der Waals surface area contributed by atoms with Crippen molar-refractivity contribution in [2.45, 2.75) is 49.7 Å². The molecule has 3 nitrogen and oxygen atoms in total. The first-order valence-electron chi connectivity index (χ1n) is 6.12. The molecule has 2 bridgehead atoms. The largest absolute Gasteiger partial charge is 0.455 e. The molecule has 86 valence electrons. The molecule has 4 aliphatic rings. The standard InChI is InChI=1S/C13H16O3/c1-8-4-12(16-10(8)14)3-2-11-5-9(12)6-13(11,15)7-11/h9,15H,1-7H2. The first kappa shape index (κ1) is 9.23.